The highest BCUT2D eigenvalue weighted by Gasteiger charge is 2.38. The van der Waals surface area contributed by atoms with E-state index >= 15 is 0 Å². The normalized spacial score (nSPS) is 15.1. The molecule has 1 aliphatic rings. The van der Waals surface area contributed by atoms with Crippen LogP contribution in [0.2, 0.25) is 0 Å². The number of rotatable bonds is 5. The Labute approximate surface area is 147 Å². The predicted octanol–water partition coefficient (Wildman–Crippen LogP) is 2.07. The van der Waals surface area contributed by atoms with Crippen molar-refractivity contribution in [3.8, 4) is 0 Å². The minimum atomic E-state index is -4.57. The number of hydrogen-bond acceptors (Lipinski definition) is 4. The summed E-state index contributed by atoms with van der Waals surface area (Å²) in [4.78, 5) is 12.0. The van der Waals surface area contributed by atoms with Gasteiger partial charge in [-0.1, -0.05) is 0 Å². The smallest absolute Gasteiger partial charge is 0.324 e. The first-order valence-electron chi connectivity index (χ1n) is 7.62. The van der Waals surface area contributed by atoms with Gasteiger partial charge in [0, 0.05) is 17.3 Å². The molecule has 0 saturated heterocycles. The highest BCUT2D eigenvalue weighted by atomic mass is 32.2. The molecule has 1 amide bonds. The van der Waals surface area contributed by atoms with Crippen LogP contribution in [0.25, 0.3) is 0 Å². The zero-order valence-corrected chi connectivity index (χ0v) is 14.1. The molecule has 1 fully saturated rings. The van der Waals surface area contributed by atoms with Gasteiger partial charge >= 0.3 is 6.18 Å². The average Bonchev–Trinajstić information content (AvgIpc) is 3.26. The van der Waals surface area contributed by atoms with Gasteiger partial charge in [0.25, 0.3) is 0 Å². The van der Waals surface area contributed by atoms with E-state index in [4.69, 9.17) is 5.14 Å². The Morgan fingerprint density at radius 2 is 1.88 bits per heavy atom. The van der Waals surface area contributed by atoms with Crippen LogP contribution >= 0.6 is 0 Å². The standard InChI is InChI=1S/C15H15F3N4O3S/c16-15(17,18)13-7-12(9-1-2-9)22(21-13)8-14(23)20-10-3-5-11(6-4-10)26(19,24)25/h3-7,9H,1-2,8H2,(H,20,23)(H2,19,24,25). The number of hydrogen-bond donors (Lipinski definition) is 2. The number of sulfonamides is 1. The van der Waals surface area contributed by atoms with Crippen molar-refractivity contribution in [2.24, 2.45) is 5.14 Å². The SMILES string of the molecule is NS(=O)(=O)c1ccc(NC(=O)Cn2nc(C(F)(F)F)cc2C2CC2)cc1. The molecular formula is C15H15F3N4O3S. The molecule has 0 radical (unpaired) electrons. The van der Waals surface area contributed by atoms with Gasteiger partial charge in [-0.3, -0.25) is 9.48 Å². The van der Waals surface area contributed by atoms with Crippen LogP contribution in [-0.4, -0.2) is 24.1 Å². The van der Waals surface area contributed by atoms with E-state index in [1.165, 1.54) is 24.3 Å². The van der Waals surface area contributed by atoms with E-state index in [2.05, 4.69) is 10.4 Å². The van der Waals surface area contributed by atoms with E-state index in [-0.39, 0.29) is 17.4 Å². The lowest BCUT2D eigenvalue weighted by molar-refractivity contribution is -0.141. The number of benzene rings is 1. The fourth-order valence-corrected chi connectivity index (χ4v) is 2.98. The zero-order chi connectivity index (χ0) is 19.1. The zero-order valence-electron chi connectivity index (χ0n) is 13.3. The molecule has 3 N–H and O–H groups in total. The number of carbonyl (C=O) groups excluding carboxylic acids is 1. The fourth-order valence-electron chi connectivity index (χ4n) is 2.47. The first-order chi connectivity index (χ1) is 12.0. The first kappa shape index (κ1) is 18.4. The summed E-state index contributed by atoms with van der Waals surface area (Å²) in [6, 6.07) is 6.09. The molecule has 1 heterocycles. The van der Waals surface area contributed by atoms with Crippen LogP contribution < -0.4 is 10.5 Å². The Bertz CT molecular complexity index is 932. The van der Waals surface area contributed by atoms with Crippen molar-refractivity contribution in [2.75, 3.05) is 5.32 Å². The molecule has 26 heavy (non-hydrogen) atoms. The van der Waals surface area contributed by atoms with Gasteiger partial charge in [0.15, 0.2) is 5.69 Å². The quantitative estimate of drug-likeness (QED) is 0.818. The predicted molar refractivity (Wildman–Crippen MR) is 85.6 cm³/mol. The third-order valence-corrected chi connectivity index (χ3v) is 4.79. The average molecular weight is 388 g/mol. The van der Waals surface area contributed by atoms with E-state index in [1.807, 2.05) is 0 Å². The number of halogens is 3. The van der Waals surface area contributed by atoms with Crippen molar-refractivity contribution in [2.45, 2.75) is 36.4 Å². The van der Waals surface area contributed by atoms with Gasteiger partial charge < -0.3 is 5.32 Å². The lowest BCUT2D eigenvalue weighted by Crippen LogP contribution is -2.21. The Balaban J connectivity index is 1.73. The number of aromatic nitrogens is 2. The number of nitrogens with two attached hydrogens (primary N) is 1. The molecule has 2 aromatic rings. The molecular weight excluding hydrogens is 373 g/mol. The minimum absolute atomic E-state index is 0.0135. The van der Waals surface area contributed by atoms with Crippen LogP contribution in [0.1, 0.15) is 30.1 Å². The minimum Gasteiger partial charge on any atom is -0.324 e. The molecule has 3 rings (SSSR count). The van der Waals surface area contributed by atoms with Crippen LogP contribution in [-0.2, 0) is 27.5 Å². The Morgan fingerprint density at radius 1 is 1.27 bits per heavy atom. The number of primary sulfonamides is 1. The van der Waals surface area contributed by atoms with E-state index in [9.17, 15) is 26.4 Å². The maximum absolute atomic E-state index is 12.8. The number of amides is 1. The van der Waals surface area contributed by atoms with Crippen molar-refractivity contribution in [3.05, 3.63) is 41.7 Å². The molecule has 0 spiro atoms. The summed E-state index contributed by atoms with van der Waals surface area (Å²) < 4.78 is 62.0. The first-order valence-corrected chi connectivity index (χ1v) is 9.16. The van der Waals surface area contributed by atoms with Crippen LogP contribution in [0, 0.1) is 0 Å². The number of nitrogens with one attached hydrogen (secondary N) is 1. The Hall–Kier alpha value is -2.40. The molecule has 0 unspecified atom stereocenters. The molecule has 140 valence electrons. The maximum Gasteiger partial charge on any atom is 0.435 e. The summed E-state index contributed by atoms with van der Waals surface area (Å²) >= 11 is 0. The summed E-state index contributed by atoms with van der Waals surface area (Å²) in [6.45, 7) is -0.376. The van der Waals surface area contributed by atoms with Crippen molar-refractivity contribution < 1.29 is 26.4 Å². The van der Waals surface area contributed by atoms with E-state index in [0.717, 1.165) is 23.6 Å². The third kappa shape index (κ3) is 4.22. The van der Waals surface area contributed by atoms with E-state index < -0.39 is 27.8 Å². The van der Waals surface area contributed by atoms with Crippen LogP contribution in [0.15, 0.2) is 35.2 Å². The molecule has 0 aliphatic heterocycles. The fraction of sp³-hybridized carbons (Fsp3) is 0.333. The van der Waals surface area contributed by atoms with Gasteiger partial charge in [-0.2, -0.15) is 18.3 Å². The molecule has 11 heteroatoms. The number of alkyl halides is 3. The van der Waals surface area contributed by atoms with E-state index in [0.29, 0.717) is 11.4 Å². The molecule has 1 saturated carbocycles. The van der Waals surface area contributed by atoms with Gasteiger partial charge in [0.1, 0.15) is 6.54 Å². The summed E-state index contributed by atoms with van der Waals surface area (Å²) in [5.41, 5.74) is -0.347. The largest absolute Gasteiger partial charge is 0.435 e. The monoisotopic (exact) mass is 388 g/mol. The van der Waals surface area contributed by atoms with Crippen molar-refractivity contribution in [1.82, 2.24) is 9.78 Å². The molecule has 1 aromatic carbocycles. The number of nitrogens with zero attached hydrogens (tertiary/aromatic N) is 2. The van der Waals surface area contributed by atoms with Gasteiger partial charge in [0.05, 0.1) is 4.90 Å². The van der Waals surface area contributed by atoms with Crippen molar-refractivity contribution in [1.29, 1.82) is 0 Å². The number of anilines is 1. The summed E-state index contributed by atoms with van der Waals surface area (Å²) in [6.07, 6.45) is -3.05. The topological polar surface area (TPSA) is 107 Å². The highest BCUT2D eigenvalue weighted by Crippen LogP contribution is 2.42. The van der Waals surface area contributed by atoms with Crippen LogP contribution in [0.3, 0.4) is 0 Å². The highest BCUT2D eigenvalue weighted by molar-refractivity contribution is 7.89. The second kappa shape index (κ2) is 6.40. The summed E-state index contributed by atoms with van der Waals surface area (Å²) in [5, 5.41) is 11.0. The molecule has 7 nitrogen and oxygen atoms in total. The molecule has 0 bridgehead atoms. The Morgan fingerprint density at radius 3 is 2.38 bits per heavy atom. The lowest BCUT2D eigenvalue weighted by Gasteiger charge is -2.08. The van der Waals surface area contributed by atoms with Crippen LogP contribution in [0.4, 0.5) is 18.9 Å². The maximum atomic E-state index is 12.8. The van der Waals surface area contributed by atoms with Gasteiger partial charge in [-0.05, 0) is 43.2 Å². The second-order valence-corrected chi connectivity index (χ2v) is 7.56. The van der Waals surface area contributed by atoms with Gasteiger partial charge in [-0.15, -0.1) is 0 Å². The van der Waals surface area contributed by atoms with Crippen molar-refractivity contribution >= 4 is 21.6 Å². The lowest BCUT2D eigenvalue weighted by atomic mass is 10.2. The van der Waals surface area contributed by atoms with Gasteiger partial charge in [-0.25, -0.2) is 13.6 Å². The van der Waals surface area contributed by atoms with Gasteiger partial charge in [0.2, 0.25) is 15.9 Å². The second-order valence-electron chi connectivity index (χ2n) is 6.00. The summed E-state index contributed by atoms with van der Waals surface area (Å²) in [7, 11) is -3.85. The Kier molecular flexibility index (Phi) is 4.53. The summed E-state index contributed by atoms with van der Waals surface area (Å²) in [5.74, 6) is -0.590. The van der Waals surface area contributed by atoms with Crippen molar-refractivity contribution in [3.63, 3.8) is 0 Å². The molecule has 0 atom stereocenters. The molecule has 1 aliphatic carbocycles. The number of carbonyl (C=O) groups is 1. The van der Waals surface area contributed by atoms with Crippen LogP contribution in [0.5, 0.6) is 0 Å². The van der Waals surface area contributed by atoms with E-state index in [1.54, 1.807) is 0 Å². The third-order valence-electron chi connectivity index (χ3n) is 3.86. The molecule has 1 aromatic heterocycles.